The van der Waals surface area contributed by atoms with Gasteiger partial charge in [-0.3, -0.25) is 4.90 Å². The third-order valence-electron chi connectivity index (χ3n) is 3.55. The van der Waals surface area contributed by atoms with Gasteiger partial charge in [-0.1, -0.05) is 12.1 Å². The minimum absolute atomic E-state index is 0.865. The van der Waals surface area contributed by atoms with Crippen molar-refractivity contribution in [2.24, 2.45) is 0 Å². The molecule has 0 atom stereocenters. The van der Waals surface area contributed by atoms with Crippen molar-refractivity contribution in [2.75, 3.05) is 56.2 Å². The first-order chi connectivity index (χ1) is 8.84. The Kier molecular flexibility index (Phi) is 3.39. The summed E-state index contributed by atoms with van der Waals surface area (Å²) in [5.41, 5.74) is 2.49. The maximum Gasteiger partial charge on any atom is 0.208 e. The van der Waals surface area contributed by atoms with Crippen molar-refractivity contribution in [1.82, 2.24) is 4.90 Å². The van der Waals surface area contributed by atoms with Crippen molar-refractivity contribution in [3.05, 3.63) is 30.9 Å². The van der Waals surface area contributed by atoms with Crippen LogP contribution in [0.5, 0.6) is 0 Å². The molecule has 0 spiro atoms. The number of hydrogen-bond acceptors (Lipinski definition) is 4. The summed E-state index contributed by atoms with van der Waals surface area (Å²) in [6, 6.07) is 8.45. The molecule has 2 aliphatic rings. The monoisotopic (exact) mass is 245 g/mol. The Morgan fingerprint density at radius 3 is 2.61 bits per heavy atom. The maximum absolute atomic E-state index is 5.37. The third-order valence-corrected chi connectivity index (χ3v) is 3.55. The highest BCUT2D eigenvalue weighted by Crippen LogP contribution is 2.36. The Hall–Kier alpha value is -1.26. The Labute approximate surface area is 109 Å². The number of benzene rings is 1. The molecule has 1 fully saturated rings. The van der Waals surface area contributed by atoms with Gasteiger partial charge in [0.05, 0.1) is 24.6 Å². The van der Waals surface area contributed by atoms with Crippen molar-refractivity contribution in [3.8, 4) is 0 Å². The standard InChI is InChI=1S/C14H19N3O/c1-15-12-17(14-5-3-2-4-13(14)15)7-6-16-8-10-18-11-9-16/h2-5H,6-11H2,1H3. The first kappa shape index (κ1) is 11.8. The van der Waals surface area contributed by atoms with E-state index in [2.05, 4.69) is 45.6 Å². The molecule has 0 unspecified atom stereocenters. The normalized spacial score (nSPS) is 20.3. The van der Waals surface area contributed by atoms with E-state index in [9.17, 15) is 0 Å². The van der Waals surface area contributed by atoms with Gasteiger partial charge in [-0.15, -0.1) is 0 Å². The first-order valence-electron chi connectivity index (χ1n) is 6.51. The number of ether oxygens (including phenoxy) is 1. The van der Waals surface area contributed by atoms with E-state index >= 15 is 0 Å². The van der Waals surface area contributed by atoms with Crippen LogP contribution in [-0.2, 0) is 4.74 Å². The molecule has 18 heavy (non-hydrogen) atoms. The van der Waals surface area contributed by atoms with Crippen molar-refractivity contribution in [3.63, 3.8) is 0 Å². The highest BCUT2D eigenvalue weighted by atomic mass is 16.5. The Balaban J connectivity index is 1.61. The molecule has 1 aromatic rings. The van der Waals surface area contributed by atoms with Crippen LogP contribution in [0.25, 0.3) is 0 Å². The van der Waals surface area contributed by atoms with E-state index in [0.29, 0.717) is 0 Å². The molecule has 2 aliphatic heterocycles. The highest BCUT2D eigenvalue weighted by molar-refractivity contribution is 5.78. The minimum Gasteiger partial charge on any atom is -0.379 e. The number of anilines is 2. The number of rotatable bonds is 3. The second-order valence-electron chi connectivity index (χ2n) is 4.75. The molecular formula is C14H19N3O. The predicted molar refractivity (Wildman–Crippen MR) is 72.7 cm³/mol. The van der Waals surface area contributed by atoms with Crippen molar-refractivity contribution in [2.45, 2.75) is 0 Å². The van der Waals surface area contributed by atoms with Crippen LogP contribution in [0.3, 0.4) is 0 Å². The Morgan fingerprint density at radius 2 is 1.83 bits per heavy atom. The molecule has 2 radical (unpaired) electrons. The second-order valence-corrected chi connectivity index (χ2v) is 4.75. The van der Waals surface area contributed by atoms with Crippen molar-refractivity contribution >= 4 is 11.4 Å². The van der Waals surface area contributed by atoms with Gasteiger partial charge in [-0.25, -0.2) is 0 Å². The molecule has 0 bridgehead atoms. The molecule has 2 heterocycles. The van der Waals surface area contributed by atoms with E-state index < -0.39 is 0 Å². The summed E-state index contributed by atoms with van der Waals surface area (Å²) in [6.45, 7) is 9.25. The van der Waals surface area contributed by atoms with Gasteiger partial charge in [0.15, 0.2) is 0 Å². The fraction of sp³-hybridized carbons (Fsp3) is 0.500. The maximum atomic E-state index is 5.37. The van der Waals surface area contributed by atoms with Crippen LogP contribution in [0.15, 0.2) is 24.3 Å². The third kappa shape index (κ3) is 2.31. The van der Waals surface area contributed by atoms with Gasteiger partial charge in [-0.2, -0.15) is 0 Å². The lowest BCUT2D eigenvalue weighted by Crippen LogP contribution is -2.41. The molecule has 1 saturated heterocycles. The van der Waals surface area contributed by atoms with E-state index in [1.165, 1.54) is 11.4 Å². The smallest absolute Gasteiger partial charge is 0.208 e. The van der Waals surface area contributed by atoms with E-state index in [1.54, 1.807) is 0 Å². The summed E-state index contributed by atoms with van der Waals surface area (Å²) in [5.74, 6) is 0. The Bertz CT molecular complexity index is 404. The zero-order valence-corrected chi connectivity index (χ0v) is 10.8. The number of morpholine rings is 1. The molecule has 4 nitrogen and oxygen atoms in total. The quantitative estimate of drug-likeness (QED) is 0.798. The van der Waals surface area contributed by atoms with Crippen LogP contribution in [0, 0.1) is 6.67 Å². The van der Waals surface area contributed by atoms with E-state index in [4.69, 9.17) is 4.74 Å². The molecule has 0 aliphatic carbocycles. The molecular weight excluding hydrogens is 226 g/mol. The first-order valence-corrected chi connectivity index (χ1v) is 6.51. The largest absolute Gasteiger partial charge is 0.379 e. The van der Waals surface area contributed by atoms with E-state index in [1.807, 2.05) is 7.05 Å². The van der Waals surface area contributed by atoms with E-state index in [0.717, 1.165) is 39.4 Å². The molecule has 1 aromatic carbocycles. The summed E-state index contributed by atoms with van der Waals surface area (Å²) in [7, 11) is 2.05. The summed E-state index contributed by atoms with van der Waals surface area (Å²) in [5, 5.41) is 0. The fourth-order valence-corrected chi connectivity index (χ4v) is 2.50. The Morgan fingerprint density at radius 1 is 1.11 bits per heavy atom. The average molecular weight is 245 g/mol. The van der Waals surface area contributed by atoms with Crippen LogP contribution >= 0.6 is 0 Å². The van der Waals surface area contributed by atoms with Gasteiger partial charge < -0.3 is 14.5 Å². The topological polar surface area (TPSA) is 19.0 Å². The second kappa shape index (κ2) is 5.16. The summed E-state index contributed by atoms with van der Waals surface area (Å²) < 4.78 is 5.37. The number of hydrogen-bond donors (Lipinski definition) is 0. The van der Waals surface area contributed by atoms with Gasteiger partial charge in [0, 0.05) is 33.2 Å². The minimum atomic E-state index is 0.865. The zero-order chi connectivity index (χ0) is 12.4. The number of nitrogens with zero attached hydrogens (tertiary/aromatic N) is 3. The average Bonchev–Trinajstić information content (AvgIpc) is 2.75. The van der Waals surface area contributed by atoms with Crippen LogP contribution < -0.4 is 9.80 Å². The van der Waals surface area contributed by atoms with E-state index in [-0.39, 0.29) is 0 Å². The highest BCUT2D eigenvalue weighted by Gasteiger charge is 2.24. The fourth-order valence-electron chi connectivity index (χ4n) is 2.50. The molecule has 0 saturated carbocycles. The molecule has 0 amide bonds. The lowest BCUT2D eigenvalue weighted by molar-refractivity contribution is 0.0393. The molecule has 3 rings (SSSR count). The van der Waals surface area contributed by atoms with Gasteiger partial charge >= 0.3 is 0 Å². The summed E-state index contributed by atoms with van der Waals surface area (Å²) in [6.07, 6.45) is 0. The predicted octanol–water partition coefficient (Wildman–Crippen LogP) is 1.27. The van der Waals surface area contributed by atoms with Crippen LogP contribution in [0.2, 0.25) is 0 Å². The van der Waals surface area contributed by atoms with Crippen LogP contribution in [-0.4, -0.2) is 51.3 Å². The van der Waals surface area contributed by atoms with Gasteiger partial charge in [0.2, 0.25) is 6.67 Å². The summed E-state index contributed by atoms with van der Waals surface area (Å²) >= 11 is 0. The zero-order valence-electron chi connectivity index (χ0n) is 10.8. The van der Waals surface area contributed by atoms with Gasteiger partial charge in [0.25, 0.3) is 0 Å². The van der Waals surface area contributed by atoms with Crippen molar-refractivity contribution < 1.29 is 4.74 Å². The van der Waals surface area contributed by atoms with Crippen LogP contribution in [0.4, 0.5) is 11.4 Å². The van der Waals surface area contributed by atoms with Crippen LogP contribution in [0.1, 0.15) is 0 Å². The van der Waals surface area contributed by atoms with Gasteiger partial charge in [0.1, 0.15) is 0 Å². The molecule has 96 valence electrons. The molecule has 0 N–H and O–H groups in total. The summed E-state index contributed by atoms with van der Waals surface area (Å²) in [4.78, 5) is 6.73. The SMILES string of the molecule is CN1[C]N(CCN2CCOCC2)c2ccccc21. The lowest BCUT2D eigenvalue weighted by Gasteiger charge is -2.28. The number of para-hydroxylation sites is 2. The number of fused-ring (bicyclic) bond motifs is 1. The lowest BCUT2D eigenvalue weighted by atomic mass is 10.2. The molecule has 0 aromatic heterocycles. The molecule has 4 heteroatoms. The van der Waals surface area contributed by atoms with Gasteiger partial charge in [-0.05, 0) is 12.1 Å². The van der Waals surface area contributed by atoms with Crippen molar-refractivity contribution in [1.29, 1.82) is 0 Å².